The summed E-state index contributed by atoms with van der Waals surface area (Å²) in [5.41, 5.74) is 4.40. The molecule has 4 aromatic rings. The second-order valence-corrected chi connectivity index (χ2v) is 8.20. The van der Waals surface area contributed by atoms with E-state index in [2.05, 4.69) is 57.9 Å². The summed E-state index contributed by atoms with van der Waals surface area (Å²) in [4.78, 5) is 4.78. The molecule has 28 heavy (non-hydrogen) atoms. The fraction of sp³-hybridized carbons (Fsp3) is 0.190. The van der Waals surface area contributed by atoms with Crippen molar-refractivity contribution in [3.8, 4) is 22.0 Å². The van der Waals surface area contributed by atoms with Crippen molar-refractivity contribution in [1.82, 2.24) is 19.7 Å². The lowest BCUT2D eigenvalue weighted by atomic mass is 10.2. The first-order chi connectivity index (χ1) is 13.7. The van der Waals surface area contributed by atoms with Crippen LogP contribution in [0.25, 0.3) is 22.0 Å². The van der Waals surface area contributed by atoms with Gasteiger partial charge >= 0.3 is 0 Å². The van der Waals surface area contributed by atoms with Crippen LogP contribution in [0.15, 0.2) is 64.2 Å². The normalized spacial score (nSPS) is 11.1. The van der Waals surface area contributed by atoms with Crippen LogP contribution < -0.4 is 0 Å². The largest absolute Gasteiger partial charge is 0.469 e. The number of nitrogens with zero attached hydrogens (tertiary/aromatic N) is 4. The molecule has 0 saturated heterocycles. The molecule has 0 N–H and O–H groups in total. The summed E-state index contributed by atoms with van der Waals surface area (Å²) in [7, 11) is 0. The minimum Gasteiger partial charge on any atom is -0.469 e. The molecule has 7 heteroatoms. The van der Waals surface area contributed by atoms with E-state index in [-0.39, 0.29) is 0 Å². The molecule has 4 rings (SSSR count). The topological polar surface area (TPSA) is 56.7 Å². The van der Waals surface area contributed by atoms with Crippen molar-refractivity contribution in [2.75, 3.05) is 0 Å². The molecule has 0 fully saturated rings. The molecule has 3 heterocycles. The van der Waals surface area contributed by atoms with Gasteiger partial charge in [-0.15, -0.1) is 28.1 Å². The second kappa shape index (κ2) is 8.16. The highest BCUT2D eigenvalue weighted by Gasteiger charge is 2.17. The van der Waals surface area contributed by atoms with E-state index in [1.165, 1.54) is 5.56 Å². The average Bonchev–Trinajstić information content (AvgIpc) is 3.41. The summed E-state index contributed by atoms with van der Waals surface area (Å²) < 4.78 is 7.48. The Morgan fingerprint density at radius 1 is 1.18 bits per heavy atom. The van der Waals surface area contributed by atoms with Crippen molar-refractivity contribution in [3.63, 3.8) is 0 Å². The molecule has 0 aliphatic heterocycles. The summed E-state index contributed by atoms with van der Waals surface area (Å²) in [6.45, 7) is 8.52. The first-order valence-corrected chi connectivity index (χ1v) is 10.7. The molecule has 0 aliphatic carbocycles. The Hall–Kier alpha value is -2.64. The molecule has 3 aromatic heterocycles. The number of thiazole rings is 1. The van der Waals surface area contributed by atoms with Gasteiger partial charge in [-0.3, -0.25) is 4.57 Å². The molecular formula is C21H20N4OS2. The maximum Gasteiger partial charge on any atom is 0.192 e. The predicted octanol–water partition coefficient (Wildman–Crippen LogP) is 5.76. The van der Waals surface area contributed by atoms with E-state index >= 15 is 0 Å². The molecule has 0 radical (unpaired) electrons. The molecule has 0 saturated carbocycles. The number of hydrogen-bond donors (Lipinski definition) is 0. The maximum absolute atomic E-state index is 5.42. The Labute approximate surface area is 172 Å². The molecule has 0 bridgehead atoms. The van der Waals surface area contributed by atoms with Gasteiger partial charge in [-0.2, -0.15) is 0 Å². The van der Waals surface area contributed by atoms with Gasteiger partial charge in [-0.05, 0) is 19.9 Å². The van der Waals surface area contributed by atoms with Gasteiger partial charge in [-0.1, -0.05) is 47.7 Å². The van der Waals surface area contributed by atoms with Crippen molar-refractivity contribution >= 4 is 23.1 Å². The lowest BCUT2D eigenvalue weighted by molar-refractivity contribution is 0.534. The van der Waals surface area contributed by atoms with Crippen LogP contribution >= 0.6 is 23.1 Å². The molecule has 0 atom stereocenters. The van der Waals surface area contributed by atoms with Crippen LogP contribution in [0.1, 0.15) is 17.0 Å². The minimum absolute atomic E-state index is 0.640. The van der Waals surface area contributed by atoms with E-state index in [0.717, 1.165) is 44.3 Å². The Morgan fingerprint density at radius 2 is 2.00 bits per heavy atom. The second-order valence-electron chi connectivity index (χ2n) is 6.39. The Bertz CT molecular complexity index is 1090. The highest BCUT2D eigenvalue weighted by atomic mass is 32.2. The number of hydrogen-bond acceptors (Lipinski definition) is 6. The van der Waals surface area contributed by atoms with Gasteiger partial charge in [0.1, 0.15) is 10.8 Å². The number of aromatic nitrogens is 4. The molecule has 0 spiro atoms. The van der Waals surface area contributed by atoms with Gasteiger partial charge in [0.25, 0.3) is 0 Å². The van der Waals surface area contributed by atoms with E-state index < -0.39 is 0 Å². The first-order valence-electron chi connectivity index (χ1n) is 8.88. The fourth-order valence-corrected chi connectivity index (χ4v) is 4.62. The minimum atomic E-state index is 0.640. The van der Waals surface area contributed by atoms with Crippen LogP contribution in [0.3, 0.4) is 0 Å². The van der Waals surface area contributed by atoms with Gasteiger partial charge in [-0.25, -0.2) is 4.98 Å². The SMILES string of the molecule is C=CCn1c(SCc2csc(-c3ccc(C)cc3)n2)nnc1-c1ccoc1C. The zero-order valence-corrected chi connectivity index (χ0v) is 17.4. The van der Waals surface area contributed by atoms with Gasteiger partial charge < -0.3 is 4.42 Å². The van der Waals surface area contributed by atoms with Gasteiger partial charge in [0.05, 0.1) is 17.5 Å². The molecule has 0 aliphatic rings. The number of rotatable bonds is 7. The van der Waals surface area contributed by atoms with Crippen molar-refractivity contribution in [3.05, 3.63) is 71.6 Å². The Kier molecular flexibility index (Phi) is 5.45. The Balaban J connectivity index is 1.52. The quantitative estimate of drug-likeness (QED) is 0.287. The monoisotopic (exact) mass is 408 g/mol. The van der Waals surface area contributed by atoms with E-state index in [0.29, 0.717) is 6.54 Å². The third kappa shape index (κ3) is 3.81. The smallest absolute Gasteiger partial charge is 0.192 e. The highest BCUT2D eigenvalue weighted by molar-refractivity contribution is 7.98. The summed E-state index contributed by atoms with van der Waals surface area (Å²) in [6, 6.07) is 10.4. The fourth-order valence-electron chi connectivity index (χ4n) is 2.85. The van der Waals surface area contributed by atoms with Gasteiger partial charge in [0.2, 0.25) is 0 Å². The third-order valence-electron chi connectivity index (χ3n) is 4.33. The van der Waals surface area contributed by atoms with E-state index in [9.17, 15) is 0 Å². The summed E-state index contributed by atoms with van der Waals surface area (Å²) in [5, 5.41) is 12.8. The number of allylic oxidation sites excluding steroid dienone is 1. The number of benzene rings is 1. The van der Waals surface area contributed by atoms with Crippen LogP contribution in [-0.4, -0.2) is 19.7 Å². The van der Waals surface area contributed by atoms with Gasteiger partial charge in [0.15, 0.2) is 11.0 Å². The van der Waals surface area contributed by atoms with Crippen LogP contribution in [0.5, 0.6) is 0 Å². The zero-order valence-electron chi connectivity index (χ0n) is 15.8. The Morgan fingerprint density at radius 3 is 2.71 bits per heavy atom. The van der Waals surface area contributed by atoms with Crippen LogP contribution in [0.4, 0.5) is 0 Å². The van der Waals surface area contributed by atoms with Crippen LogP contribution in [0.2, 0.25) is 0 Å². The molecule has 5 nitrogen and oxygen atoms in total. The van der Waals surface area contributed by atoms with E-state index in [1.807, 2.05) is 19.1 Å². The highest BCUT2D eigenvalue weighted by Crippen LogP contribution is 2.30. The van der Waals surface area contributed by atoms with Crippen molar-refractivity contribution in [2.45, 2.75) is 31.3 Å². The zero-order chi connectivity index (χ0) is 19.5. The third-order valence-corrected chi connectivity index (χ3v) is 6.27. The van der Waals surface area contributed by atoms with Crippen molar-refractivity contribution in [2.24, 2.45) is 0 Å². The summed E-state index contributed by atoms with van der Waals surface area (Å²) in [5.74, 6) is 2.37. The van der Waals surface area contributed by atoms with Crippen LogP contribution in [-0.2, 0) is 12.3 Å². The molecule has 0 amide bonds. The van der Waals surface area contributed by atoms with E-state index in [1.54, 1.807) is 29.4 Å². The predicted molar refractivity (Wildman–Crippen MR) is 115 cm³/mol. The van der Waals surface area contributed by atoms with Crippen LogP contribution in [0, 0.1) is 13.8 Å². The van der Waals surface area contributed by atoms with Crippen molar-refractivity contribution < 1.29 is 4.42 Å². The van der Waals surface area contributed by atoms with Crippen molar-refractivity contribution in [1.29, 1.82) is 0 Å². The molecule has 0 unspecified atom stereocenters. The first kappa shape index (κ1) is 18.7. The van der Waals surface area contributed by atoms with E-state index in [4.69, 9.17) is 9.40 Å². The summed E-state index contributed by atoms with van der Waals surface area (Å²) >= 11 is 3.30. The number of thioether (sulfide) groups is 1. The number of furan rings is 1. The lowest BCUT2D eigenvalue weighted by Crippen LogP contribution is -2.00. The molecule has 142 valence electrons. The molecular weight excluding hydrogens is 388 g/mol. The summed E-state index contributed by atoms with van der Waals surface area (Å²) in [6.07, 6.45) is 3.52. The lowest BCUT2D eigenvalue weighted by Gasteiger charge is -2.06. The number of aryl methyl sites for hydroxylation is 2. The molecule has 1 aromatic carbocycles. The average molecular weight is 409 g/mol. The van der Waals surface area contributed by atoms with Gasteiger partial charge in [0, 0.05) is 23.2 Å². The standard InChI is InChI=1S/C21H20N4OS2/c1-4-10-25-19(18-9-11-26-15(18)3)23-24-21(25)28-13-17-12-27-20(22-17)16-7-5-14(2)6-8-16/h4-9,11-12H,1,10,13H2,2-3H3. The maximum atomic E-state index is 5.42.